The van der Waals surface area contributed by atoms with Crippen molar-refractivity contribution in [2.45, 2.75) is 19.8 Å². The predicted molar refractivity (Wildman–Crippen MR) is 143 cm³/mol. The van der Waals surface area contributed by atoms with Gasteiger partial charge < -0.3 is 9.73 Å². The molecule has 38 heavy (non-hydrogen) atoms. The summed E-state index contributed by atoms with van der Waals surface area (Å²) in [6.45, 7) is 2.07. The molecule has 0 spiro atoms. The molecule has 6 rings (SSSR count). The minimum Gasteiger partial charge on any atom is -0.426 e. The van der Waals surface area contributed by atoms with E-state index in [1.54, 1.807) is 40.9 Å². The summed E-state index contributed by atoms with van der Waals surface area (Å²) < 4.78 is 7.28. The third-order valence-electron chi connectivity index (χ3n) is 6.30. The standard InChI is InChI=1S/C28H23N7O3/c1-17-14-21(20-16-22(28(37)38-23(20)15-17)29-27(36)19-10-6-3-7-11-19)30-31-24-12-13-25-32-33-26(35(25)34-24)18-8-4-2-5-9-18/h2-13,16-17H,14-15H2,1H3,(H,29,36)(H,31,34)/b30-21+. The van der Waals surface area contributed by atoms with Gasteiger partial charge in [0.2, 0.25) is 0 Å². The summed E-state index contributed by atoms with van der Waals surface area (Å²) in [5.74, 6) is 1.49. The monoisotopic (exact) mass is 505 g/mol. The zero-order chi connectivity index (χ0) is 26.1. The topological polar surface area (TPSA) is 127 Å². The molecule has 10 nitrogen and oxygen atoms in total. The third-order valence-corrected chi connectivity index (χ3v) is 6.30. The van der Waals surface area contributed by atoms with Crippen LogP contribution in [0.1, 0.15) is 35.0 Å². The third kappa shape index (κ3) is 4.55. The first kappa shape index (κ1) is 23.3. The largest absolute Gasteiger partial charge is 0.426 e. The molecule has 3 aromatic heterocycles. The van der Waals surface area contributed by atoms with Gasteiger partial charge in [0.15, 0.2) is 17.3 Å². The maximum atomic E-state index is 12.6. The van der Waals surface area contributed by atoms with Gasteiger partial charge in [0.1, 0.15) is 11.4 Å². The van der Waals surface area contributed by atoms with Crippen molar-refractivity contribution >= 4 is 28.8 Å². The lowest BCUT2D eigenvalue weighted by Gasteiger charge is -2.22. The summed E-state index contributed by atoms with van der Waals surface area (Å²) >= 11 is 0. The number of nitrogens with one attached hydrogen (secondary N) is 2. The molecule has 1 amide bonds. The van der Waals surface area contributed by atoms with Crippen LogP contribution in [0, 0.1) is 5.92 Å². The van der Waals surface area contributed by atoms with Gasteiger partial charge in [-0.25, -0.2) is 4.79 Å². The Kier molecular flexibility index (Phi) is 5.97. The Morgan fingerprint density at radius 3 is 2.55 bits per heavy atom. The van der Waals surface area contributed by atoms with Crippen molar-refractivity contribution in [3.05, 3.63) is 106 Å². The first-order chi connectivity index (χ1) is 18.5. The molecule has 0 aliphatic heterocycles. The number of hydrazone groups is 1. The number of nitrogens with zero attached hydrogens (tertiary/aromatic N) is 5. The van der Waals surface area contributed by atoms with E-state index in [0.717, 1.165) is 5.56 Å². The summed E-state index contributed by atoms with van der Waals surface area (Å²) in [6, 6.07) is 23.6. The Morgan fingerprint density at radius 2 is 1.76 bits per heavy atom. The van der Waals surface area contributed by atoms with Crippen LogP contribution in [0.3, 0.4) is 0 Å². The van der Waals surface area contributed by atoms with Gasteiger partial charge in [-0.05, 0) is 42.7 Å². The second kappa shape index (κ2) is 9.74. The highest BCUT2D eigenvalue weighted by atomic mass is 16.4. The minimum atomic E-state index is -0.595. The van der Waals surface area contributed by atoms with Gasteiger partial charge in [-0.3, -0.25) is 10.2 Å². The summed E-state index contributed by atoms with van der Waals surface area (Å²) in [5, 5.41) is 20.4. The summed E-state index contributed by atoms with van der Waals surface area (Å²) in [6.07, 6.45) is 1.26. The highest BCUT2D eigenvalue weighted by Crippen LogP contribution is 2.27. The molecule has 0 saturated heterocycles. The van der Waals surface area contributed by atoms with E-state index >= 15 is 0 Å². The smallest absolute Gasteiger partial charge is 0.359 e. The number of anilines is 2. The second-order valence-corrected chi connectivity index (χ2v) is 9.17. The van der Waals surface area contributed by atoms with Crippen LogP contribution >= 0.6 is 0 Å². The zero-order valence-corrected chi connectivity index (χ0v) is 20.5. The van der Waals surface area contributed by atoms with Crippen LogP contribution in [-0.2, 0) is 6.42 Å². The highest BCUT2D eigenvalue weighted by molar-refractivity contribution is 6.06. The van der Waals surface area contributed by atoms with Gasteiger partial charge in [-0.15, -0.1) is 15.3 Å². The molecule has 2 aromatic carbocycles. The van der Waals surface area contributed by atoms with Crippen LogP contribution in [0.5, 0.6) is 0 Å². The fraction of sp³-hybridized carbons (Fsp3) is 0.143. The van der Waals surface area contributed by atoms with Gasteiger partial charge in [0.05, 0.1) is 5.71 Å². The molecule has 1 aliphatic rings. The summed E-state index contributed by atoms with van der Waals surface area (Å²) in [4.78, 5) is 25.3. The number of carbonyl (C=O) groups is 1. The normalized spacial score (nSPS) is 15.8. The molecule has 3 heterocycles. The highest BCUT2D eigenvalue weighted by Gasteiger charge is 2.25. The molecule has 1 aliphatic carbocycles. The number of carbonyl (C=O) groups excluding carboxylic acids is 1. The number of hydrogen-bond donors (Lipinski definition) is 2. The number of fused-ring (bicyclic) bond motifs is 2. The summed E-state index contributed by atoms with van der Waals surface area (Å²) in [5.41, 5.74) is 5.83. The first-order valence-electron chi connectivity index (χ1n) is 12.2. The molecule has 1 unspecified atom stereocenters. The Labute approximate surface area is 217 Å². The van der Waals surface area contributed by atoms with Crippen LogP contribution < -0.4 is 16.4 Å². The van der Waals surface area contributed by atoms with E-state index in [-0.39, 0.29) is 17.5 Å². The Bertz CT molecular complexity index is 1730. The number of hydrogen-bond acceptors (Lipinski definition) is 8. The first-order valence-corrected chi connectivity index (χ1v) is 12.2. The van der Waals surface area contributed by atoms with Crippen LogP contribution in [0.4, 0.5) is 11.5 Å². The second-order valence-electron chi connectivity index (χ2n) is 9.17. The number of amides is 1. The van der Waals surface area contributed by atoms with E-state index in [4.69, 9.17) is 4.42 Å². The molecule has 188 valence electrons. The Hall–Kier alpha value is -5.12. The lowest BCUT2D eigenvalue weighted by molar-refractivity contribution is 0.102. The van der Waals surface area contributed by atoms with Crippen molar-refractivity contribution in [3.63, 3.8) is 0 Å². The van der Waals surface area contributed by atoms with Crippen LogP contribution in [0.25, 0.3) is 17.0 Å². The van der Waals surface area contributed by atoms with Crippen molar-refractivity contribution < 1.29 is 9.21 Å². The van der Waals surface area contributed by atoms with Crippen molar-refractivity contribution in [1.82, 2.24) is 19.8 Å². The zero-order valence-electron chi connectivity index (χ0n) is 20.5. The van der Waals surface area contributed by atoms with E-state index < -0.39 is 5.63 Å². The van der Waals surface area contributed by atoms with Crippen molar-refractivity contribution in [3.8, 4) is 11.4 Å². The quantitative estimate of drug-likeness (QED) is 0.339. The average molecular weight is 506 g/mol. The fourth-order valence-electron chi connectivity index (χ4n) is 4.45. The SMILES string of the molecule is CC1C/C(=N\Nc2ccc3nnc(-c4ccccc4)n3n2)c2cc(NC(=O)c3ccccc3)c(=O)oc2C1. The molecular formula is C28H23N7O3. The number of aromatic nitrogens is 4. The molecule has 0 saturated carbocycles. The maximum Gasteiger partial charge on any atom is 0.359 e. The number of benzene rings is 2. The van der Waals surface area contributed by atoms with Crippen LogP contribution in [0.2, 0.25) is 0 Å². The fourth-order valence-corrected chi connectivity index (χ4v) is 4.45. The average Bonchev–Trinajstić information content (AvgIpc) is 3.36. The van der Waals surface area contributed by atoms with Gasteiger partial charge >= 0.3 is 5.63 Å². The van der Waals surface area contributed by atoms with E-state index in [9.17, 15) is 9.59 Å². The summed E-state index contributed by atoms with van der Waals surface area (Å²) in [7, 11) is 0. The van der Waals surface area contributed by atoms with E-state index in [0.29, 0.717) is 52.7 Å². The van der Waals surface area contributed by atoms with Gasteiger partial charge in [-0.2, -0.15) is 9.62 Å². The predicted octanol–water partition coefficient (Wildman–Crippen LogP) is 4.40. The lowest BCUT2D eigenvalue weighted by Crippen LogP contribution is -2.25. The van der Waals surface area contributed by atoms with Gasteiger partial charge in [0.25, 0.3) is 5.91 Å². The van der Waals surface area contributed by atoms with Crippen LogP contribution in [-0.4, -0.2) is 31.4 Å². The molecule has 0 bridgehead atoms. The van der Waals surface area contributed by atoms with Crippen LogP contribution in [0.15, 0.2) is 93.2 Å². The Morgan fingerprint density at radius 1 is 1.00 bits per heavy atom. The number of rotatable bonds is 5. The Balaban J connectivity index is 1.31. The lowest BCUT2D eigenvalue weighted by atomic mass is 9.87. The molecule has 0 radical (unpaired) electrons. The molecule has 5 aromatic rings. The van der Waals surface area contributed by atoms with Crippen molar-refractivity contribution in [2.75, 3.05) is 10.7 Å². The molecule has 0 fully saturated rings. The molecule has 2 N–H and O–H groups in total. The molecular weight excluding hydrogens is 482 g/mol. The van der Waals surface area contributed by atoms with Crippen molar-refractivity contribution in [2.24, 2.45) is 11.0 Å². The van der Waals surface area contributed by atoms with E-state index in [1.165, 1.54) is 0 Å². The molecule has 1 atom stereocenters. The maximum absolute atomic E-state index is 12.6. The van der Waals surface area contributed by atoms with Gasteiger partial charge in [0, 0.05) is 23.1 Å². The molecule has 10 heteroatoms. The van der Waals surface area contributed by atoms with Crippen molar-refractivity contribution in [1.29, 1.82) is 0 Å². The minimum absolute atomic E-state index is 0.0661. The van der Waals surface area contributed by atoms with Gasteiger partial charge in [-0.1, -0.05) is 55.5 Å². The van der Waals surface area contributed by atoms with E-state index in [1.807, 2.05) is 42.5 Å². The van der Waals surface area contributed by atoms with E-state index in [2.05, 4.69) is 38.1 Å².